The summed E-state index contributed by atoms with van der Waals surface area (Å²) in [5.41, 5.74) is 0. The minimum absolute atomic E-state index is 0.0502. The fourth-order valence-corrected chi connectivity index (χ4v) is 2.40. The zero-order chi connectivity index (χ0) is 20.4. The lowest BCUT2D eigenvalue weighted by molar-refractivity contribution is -0.159. The largest absolute Gasteiger partial charge is 0.497 e. The van der Waals surface area contributed by atoms with Crippen molar-refractivity contribution in [2.24, 2.45) is 0 Å². The van der Waals surface area contributed by atoms with Crippen LogP contribution in [0.1, 0.15) is 13.8 Å². The summed E-state index contributed by atoms with van der Waals surface area (Å²) in [7, 11) is 1.62. The zero-order valence-electron chi connectivity index (χ0n) is 15.8. The highest BCUT2D eigenvalue weighted by Crippen LogP contribution is 2.17. The smallest absolute Gasteiger partial charge is 0.414 e. The maximum Gasteiger partial charge on any atom is 0.414 e. The van der Waals surface area contributed by atoms with Gasteiger partial charge in [0.1, 0.15) is 11.5 Å². The third kappa shape index (κ3) is 7.95. The Balaban J connectivity index is 0.000000527. The monoisotopic (exact) mass is 382 g/mol. The second kappa shape index (κ2) is 11.0. The Morgan fingerprint density at radius 1 is 0.963 bits per heavy atom. The number of piperazine rings is 1. The van der Waals surface area contributed by atoms with Crippen molar-refractivity contribution in [1.82, 2.24) is 9.80 Å². The second-order valence-corrected chi connectivity index (χ2v) is 6.09. The van der Waals surface area contributed by atoms with Crippen LogP contribution in [0.15, 0.2) is 24.3 Å². The van der Waals surface area contributed by atoms with Crippen LogP contribution >= 0.6 is 0 Å². The first kappa shape index (κ1) is 22.2. The molecule has 0 bridgehead atoms. The van der Waals surface area contributed by atoms with Gasteiger partial charge in [0.15, 0.2) is 6.61 Å². The van der Waals surface area contributed by atoms with Crippen molar-refractivity contribution >= 4 is 17.8 Å². The van der Waals surface area contributed by atoms with E-state index in [1.807, 2.05) is 29.2 Å². The fourth-order valence-electron chi connectivity index (χ4n) is 2.40. The van der Waals surface area contributed by atoms with Crippen molar-refractivity contribution in [2.75, 3.05) is 39.9 Å². The van der Waals surface area contributed by atoms with Crippen molar-refractivity contribution in [2.45, 2.75) is 19.9 Å². The molecule has 1 aliphatic rings. The van der Waals surface area contributed by atoms with Crippen LogP contribution in [-0.2, 0) is 14.4 Å². The lowest BCUT2D eigenvalue weighted by atomic mass is 10.2. The maximum atomic E-state index is 12.1. The van der Waals surface area contributed by atoms with E-state index in [1.165, 1.54) is 0 Å². The van der Waals surface area contributed by atoms with Crippen molar-refractivity contribution in [3.05, 3.63) is 24.3 Å². The van der Waals surface area contributed by atoms with Crippen molar-refractivity contribution in [1.29, 1.82) is 0 Å². The molecular weight excluding hydrogens is 356 g/mol. The van der Waals surface area contributed by atoms with Gasteiger partial charge in [-0.3, -0.25) is 9.69 Å². The Hall–Kier alpha value is -2.81. The average Bonchev–Trinajstić information content (AvgIpc) is 2.67. The molecule has 0 spiro atoms. The third-order valence-electron chi connectivity index (χ3n) is 4.00. The zero-order valence-corrected chi connectivity index (χ0v) is 15.8. The van der Waals surface area contributed by atoms with Crippen LogP contribution in [0.4, 0.5) is 0 Å². The van der Waals surface area contributed by atoms with Crippen LogP contribution in [0.5, 0.6) is 11.5 Å². The van der Waals surface area contributed by atoms with Crippen LogP contribution < -0.4 is 9.47 Å². The van der Waals surface area contributed by atoms with Crippen LogP contribution in [0, 0.1) is 0 Å². The van der Waals surface area contributed by atoms with Gasteiger partial charge in [0.2, 0.25) is 0 Å². The van der Waals surface area contributed by atoms with E-state index in [4.69, 9.17) is 29.3 Å². The Morgan fingerprint density at radius 2 is 1.44 bits per heavy atom. The van der Waals surface area contributed by atoms with E-state index in [0.717, 1.165) is 31.9 Å². The summed E-state index contributed by atoms with van der Waals surface area (Å²) < 4.78 is 10.6. The minimum atomic E-state index is -1.82. The fraction of sp³-hybridized carbons (Fsp3) is 0.500. The normalized spacial score (nSPS) is 14.1. The highest BCUT2D eigenvalue weighted by Gasteiger charge is 2.22. The lowest BCUT2D eigenvalue weighted by Crippen LogP contribution is -2.51. The van der Waals surface area contributed by atoms with Gasteiger partial charge in [0.25, 0.3) is 5.91 Å². The first-order valence-electron chi connectivity index (χ1n) is 8.49. The van der Waals surface area contributed by atoms with Gasteiger partial charge < -0.3 is 24.6 Å². The van der Waals surface area contributed by atoms with E-state index in [1.54, 1.807) is 7.11 Å². The van der Waals surface area contributed by atoms with Gasteiger partial charge in [-0.2, -0.15) is 0 Å². The molecular formula is C18H26N2O7. The molecule has 2 rings (SSSR count). The number of carbonyl (C=O) groups is 3. The molecule has 1 saturated heterocycles. The summed E-state index contributed by atoms with van der Waals surface area (Å²) in [6.45, 7) is 7.90. The number of nitrogens with zero attached hydrogens (tertiary/aromatic N) is 2. The van der Waals surface area contributed by atoms with Crippen molar-refractivity contribution < 1.29 is 34.1 Å². The number of amides is 1. The van der Waals surface area contributed by atoms with Gasteiger partial charge in [0, 0.05) is 32.2 Å². The number of carboxylic acid groups (broad SMARTS) is 2. The van der Waals surface area contributed by atoms with Gasteiger partial charge in [0.05, 0.1) is 7.11 Å². The average molecular weight is 382 g/mol. The number of methoxy groups -OCH3 is 1. The predicted molar refractivity (Wildman–Crippen MR) is 97.0 cm³/mol. The number of hydrogen-bond donors (Lipinski definition) is 2. The predicted octanol–water partition coefficient (Wildman–Crippen LogP) is 0.782. The molecule has 0 radical (unpaired) electrons. The molecule has 1 aromatic carbocycles. The Labute approximate surface area is 158 Å². The Morgan fingerprint density at radius 3 is 1.85 bits per heavy atom. The van der Waals surface area contributed by atoms with E-state index >= 15 is 0 Å². The summed E-state index contributed by atoms with van der Waals surface area (Å²) in [6, 6.07) is 7.80. The molecule has 27 heavy (non-hydrogen) atoms. The molecule has 0 saturated carbocycles. The molecule has 1 aliphatic heterocycles. The number of ether oxygens (including phenoxy) is 2. The van der Waals surface area contributed by atoms with Crippen LogP contribution in [0.25, 0.3) is 0 Å². The minimum Gasteiger partial charge on any atom is -0.497 e. The van der Waals surface area contributed by atoms with E-state index in [-0.39, 0.29) is 12.5 Å². The summed E-state index contributed by atoms with van der Waals surface area (Å²) in [4.78, 5) is 34.6. The van der Waals surface area contributed by atoms with Crippen LogP contribution in [-0.4, -0.2) is 83.8 Å². The van der Waals surface area contributed by atoms with E-state index in [9.17, 15) is 4.79 Å². The molecule has 150 valence electrons. The first-order chi connectivity index (χ1) is 12.7. The first-order valence-corrected chi connectivity index (χ1v) is 8.49. The quantitative estimate of drug-likeness (QED) is 0.718. The SMILES string of the molecule is COc1ccc(OCC(=O)N2CCN(C(C)C)CC2)cc1.O=C(O)C(=O)O. The molecule has 1 heterocycles. The number of aliphatic carboxylic acids is 2. The molecule has 0 atom stereocenters. The van der Waals surface area contributed by atoms with E-state index in [0.29, 0.717) is 11.8 Å². The van der Waals surface area contributed by atoms with Gasteiger partial charge in [-0.15, -0.1) is 0 Å². The molecule has 0 unspecified atom stereocenters. The van der Waals surface area contributed by atoms with Crippen LogP contribution in [0.3, 0.4) is 0 Å². The Kier molecular flexibility index (Phi) is 9.07. The highest BCUT2D eigenvalue weighted by atomic mass is 16.5. The second-order valence-electron chi connectivity index (χ2n) is 6.09. The maximum absolute atomic E-state index is 12.1. The number of hydrogen-bond acceptors (Lipinski definition) is 6. The molecule has 1 aromatic rings. The molecule has 2 N–H and O–H groups in total. The summed E-state index contributed by atoms with van der Waals surface area (Å²) in [5.74, 6) is -2.14. The molecule has 1 amide bonds. The highest BCUT2D eigenvalue weighted by molar-refractivity contribution is 6.27. The molecule has 1 fully saturated rings. The van der Waals surface area contributed by atoms with Crippen molar-refractivity contribution in [3.8, 4) is 11.5 Å². The van der Waals surface area contributed by atoms with Gasteiger partial charge in [-0.25, -0.2) is 9.59 Å². The molecule has 9 nitrogen and oxygen atoms in total. The summed E-state index contributed by atoms with van der Waals surface area (Å²) in [5, 5.41) is 14.8. The van der Waals surface area contributed by atoms with Gasteiger partial charge >= 0.3 is 11.9 Å². The lowest BCUT2D eigenvalue weighted by Gasteiger charge is -2.36. The van der Waals surface area contributed by atoms with E-state index in [2.05, 4.69) is 18.7 Å². The molecule has 0 aliphatic carbocycles. The summed E-state index contributed by atoms with van der Waals surface area (Å²) >= 11 is 0. The van der Waals surface area contributed by atoms with Crippen molar-refractivity contribution in [3.63, 3.8) is 0 Å². The Bertz CT molecular complexity index is 611. The number of carbonyl (C=O) groups excluding carboxylic acids is 1. The molecule has 0 aromatic heterocycles. The third-order valence-corrected chi connectivity index (χ3v) is 4.00. The number of carboxylic acids is 2. The standard InChI is InChI=1S/C16H24N2O3.C2H2O4/c1-13(2)17-8-10-18(11-9-17)16(19)12-21-15-6-4-14(20-3)5-7-15;3-1(4)2(5)6/h4-7,13H,8-12H2,1-3H3;(H,3,4)(H,5,6). The number of rotatable bonds is 5. The van der Waals surface area contributed by atoms with Crippen LogP contribution in [0.2, 0.25) is 0 Å². The topological polar surface area (TPSA) is 117 Å². The van der Waals surface area contributed by atoms with Gasteiger partial charge in [-0.05, 0) is 38.1 Å². The number of benzene rings is 1. The van der Waals surface area contributed by atoms with Gasteiger partial charge in [-0.1, -0.05) is 0 Å². The summed E-state index contributed by atoms with van der Waals surface area (Å²) in [6.07, 6.45) is 0. The molecule has 9 heteroatoms. The van der Waals surface area contributed by atoms with E-state index < -0.39 is 11.9 Å².